The monoisotopic (exact) mass is 233 g/mol. The largest absolute Gasteiger partial charge is 0.493 e. The normalized spacial score (nSPS) is 21.4. The first-order valence-electron chi connectivity index (χ1n) is 6.73. The maximum absolute atomic E-state index is 6.00. The Kier molecular flexibility index (Phi) is 4.43. The molecule has 1 aliphatic rings. The third kappa shape index (κ3) is 3.22. The Hall–Kier alpha value is -1.02. The SMILES string of the molecule is CC[C@H](C)c1ccccc1OC[C@@H]1CCNC1. The van der Waals surface area contributed by atoms with E-state index in [1.165, 1.54) is 12.0 Å². The summed E-state index contributed by atoms with van der Waals surface area (Å²) in [7, 11) is 0. The summed E-state index contributed by atoms with van der Waals surface area (Å²) >= 11 is 0. The van der Waals surface area contributed by atoms with E-state index < -0.39 is 0 Å². The predicted molar refractivity (Wildman–Crippen MR) is 71.6 cm³/mol. The highest BCUT2D eigenvalue weighted by Crippen LogP contribution is 2.28. The van der Waals surface area contributed by atoms with E-state index in [9.17, 15) is 0 Å². The van der Waals surface area contributed by atoms with Crippen LogP contribution < -0.4 is 10.1 Å². The van der Waals surface area contributed by atoms with Crippen LogP contribution in [0.25, 0.3) is 0 Å². The molecule has 2 rings (SSSR count). The van der Waals surface area contributed by atoms with Crippen molar-refractivity contribution in [3.05, 3.63) is 29.8 Å². The van der Waals surface area contributed by atoms with E-state index in [0.29, 0.717) is 11.8 Å². The van der Waals surface area contributed by atoms with Gasteiger partial charge in [0.25, 0.3) is 0 Å². The van der Waals surface area contributed by atoms with Crippen LogP contribution in [-0.2, 0) is 0 Å². The lowest BCUT2D eigenvalue weighted by Gasteiger charge is -2.17. The summed E-state index contributed by atoms with van der Waals surface area (Å²) in [4.78, 5) is 0. The number of rotatable bonds is 5. The summed E-state index contributed by atoms with van der Waals surface area (Å²) < 4.78 is 6.00. The van der Waals surface area contributed by atoms with Crippen molar-refractivity contribution in [3.8, 4) is 5.75 Å². The Bertz CT molecular complexity index is 345. The van der Waals surface area contributed by atoms with E-state index in [1.807, 2.05) is 0 Å². The first kappa shape index (κ1) is 12.4. The molecule has 1 aliphatic heterocycles. The summed E-state index contributed by atoms with van der Waals surface area (Å²) in [5, 5.41) is 3.38. The van der Waals surface area contributed by atoms with E-state index in [-0.39, 0.29) is 0 Å². The molecule has 1 N–H and O–H groups in total. The summed E-state index contributed by atoms with van der Waals surface area (Å²) in [6.07, 6.45) is 2.40. The van der Waals surface area contributed by atoms with Gasteiger partial charge in [0.05, 0.1) is 6.61 Å². The summed E-state index contributed by atoms with van der Waals surface area (Å²) in [6.45, 7) is 7.58. The van der Waals surface area contributed by atoms with Gasteiger partial charge in [0, 0.05) is 12.5 Å². The minimum Gasteiger partial charge on any atom is -0.493 e. The number of hydrogen-bond donors (Lipinski definition) is 1. The van der Waals surface area contributed by atoms with Crippen LogP contribution in [-0.4, -0.2) is 19.7 Å². The van der Waals surface area contributed by atoms with Gasteiger partial charge in [0.2, 0.25) is 0 Å². The molecule has 94 valence electrons. The van der Waals surface area contributed by atoms with E-state index in [1.54, 1.807) is 0 Å². The van der Waals surface area contributed by atoms with Crippen LogP contribution in [0.15, 0.2) is 24.3 Å². The molecule has 0 bridgehead atoms. The zero-order valence-corrected chi connectivity index (χ0v) is 10.9. The minimum absolute atomic E-state index is 0.577. The molecule has 2 nitrogen and oxygen atoms in total. The second-order valence-corrected chi connectivity index (χ2v) is 5.02. The van der Waals surface area contributed by atoms with Crippen LogP contribution in [0.5, 0.6) is 5.75 Å². The second-order valence-electron chi connectivity index (χ2n) is 5.02. The molecule has 0 aromatic heterocycles. The van der Waals surface area contributed by atoms with Gasteiger partial charge in [-0.15, -0.1) is 0 Å². The van der Waals surface area contributed by atoms with Crippen molar-refractivity contribution in [2.45, 2.75) is 32.6 Å². The minimum atomic E-state index is 0.577. The van der Waals surface area contributed by atoms with Gasteiger partial charge in [-0.25, -0.2) is 0 Å². The molecule has 0 aliphatic carbocycles. The number of para-hydroxylation sites is 1. The molecule has 0 amide bonds. The third-order valence-electron chi connectivity index (χ3n) is 3.70. The highest BCUT2D eigenvalue weighted by atomic mass is 16.5. The van der Waals surface area contributed by atoms with E-state index in [4.69, 9.17) is 4.74 Å². The van der Waals surface area contributed by atoms with Gasteiger partial charge >= 0.3 is 0 Å². The Morgan fingerprint density at radius 2 is 2.24 bits per heavy atom. The molecule has 1 aromatic carbocycles. The first-order chi connectivity index (χ1) is 8.31. The molecule has 2 atom stereocenters. The Labute approximate surface area is 104 Å². The molecular formula is C15H23NO. The third-order valence-corrected chi connectivity index (χ3v) is 3.70. The van der Waals surface area contributed by atoms with Crippen molar-refractivity contribution in [2.24, 2.45) is 5.92 Å². The quantitative estimate of drug-likeness (QED) is 0.843. The fraction of sp³-hybridized carbons (Fsp3) is 0.600. The average molecular weight is 233 g/mol. The lowest BCUT2D eigenvalue weighted by atomic mass is 9.98. The highest BCUT2D eigenvalue weighted by Gasteiger charge is 2.16. The van der Waals surface area contributed by atoms with Crippen LogP contribution in [0.4, 0.5) is 0 Å². The van der Waals surface area contributed by atoms with Crippen molar-refractivity contribution in [2.75, 3.05) is 19.7 Å². The van der Waals surface area contributed by atoms with Gasteiger partial charge in [0.1, 0.15) is 5.75 Å². The summed E-state index contributed by atoms with van der Waals surface area (Å²) in [6, 6.07) is 8.46. The molecular weight excluding hydrogens is 210 g/mol. The smallest absolute Gasteiger partial charge is 0.122 e. The van der Waals surface area contributed by atoms with Gasteiger partial charge in [-0.2, -0.15) is 0 Å². The molecule has 17 heavy (non-hydrogen) atoms. The zero-order valence-electron chi connectivity index (χ0n) is 10.9. The van der Waals surface area contributed by atoms with Gasteiger partial charge in [0.15, 0.2) is 0 Å². The molecule has 0 radical (unpaired) electrons. The number of ether oxygens (including phenoxy) is 1. The van der Waals surface area contributed by atoms with Crippen LogP contribution in [0.3, 0.4) is 0 Å². The van der Waals surface area contributed by atoms with Crippen molar-refractivity contribution in [3.63, 3.8) is 0 Å². The molecule has 0 spiro atoms. The van der Waals surface area contributed by atoms with E-state index >= 15 is 0 Å². The van der Waals surface area contributed by atoms with Crippen molar-refractivity contribution >= 4 is 0 Å². The van der Waals surface area contributed by atoms with Crippen LogP contribution >= 0.6 is 0 Å². The summed E-state index contributed by atoms with van der Waals surface area (Å²) in [5.41, 5.74) is 1.35. The maximum atomic E-state index is 6.00. The molecule has 1 fully saturated rings. The second kappa shape index (κ2) is 6.06. The maximum Gasteiger partial charge on any atom is 0.122 e. The molecule has 2 heteroatoms. The van der Waals surface area contributed by atoms with E-state index in [0.717, 1.165) is 31.9 Å². The van der Waals surface area contributed by atoms with Gasteiger partial charge in [-0.1, -0.05) is 32.0 Å². The van der Waals surface area contributed by atoms with Crippen molar-refractivity contribution in [1.29, 1.82) is 0 Å². The van der Waals surface area contributed by atoms with Crippen LogP contribution in [0, 0.1) is 5.92 Å². The lowest BCUT2D eigenvalue weighted by molar-refractivity contribution is 0.256. The number of benzene rings is 1. The van der Waals surface area contributed by atoms with Crippen molar-refractivity contribution in [1.82, 2.24) is 5.32 Å². The topological polar surface area (TPSA) is 21.3 Å². The lowest BCUT2D eigenvalue weighted by Crippen LogP contribution is -2.16. The Balaban J connectivity index is 1.98. The molecule has 1 saturated heterocycles. The van der Waals surface area contributed by atoms with E-state index in [2.05, 4.69) is 43.4 Å². The Morgan fingerprint density at radius 1 is 1.41 bits per heavy atom. The molecule has 1 aromatic rings. The zero-order chi connectivity index (χ0) is 12.1. The first-order valence-corrected chi connectivity index (χ1v) is 6.73. The van der Waals surface area contributed by atoms with Crippen molar-refractivity contribution < 1.29 is 4.74 Å². The van der Waals surface area contributed by atoms with Crippen LogP contribution in [0.2, 0.25) is 0 Å². The summed E-state index contributed by atoms with van der Waals surface area (Å²) in [5.74, 6) is 2.33. The predicted octanol–water partition coefficient (Wildman–Crippen LogP) is 3.19. The molecule has 0 saturated carbocycles. The number of hydrogen-bond acceptors (Lipinski definition) is 2. The molecule has 0 unspecified atom stereocenters. The standard InChI is InChI=1S/C15H23NO/c1-3-12(2)14-6-4-5-7-15(14)17-11-13-8-9-16-10-13/h4-7,12-13,16H,3,8-11H2,1-2H3/t12-,13+/m0/s1. The molecule has 1 heterocycles. The fourth-order valence-electron chi connectivity index (χ4n) is 2.30. The van der Waals surface area contributed by atoms with Gasteiger partial charge < -0.3 is 10.1 Å². The number of nitrogens with one attached hydrogen (secondary N) is 1. The van der Waals surface area contributed by atoms with Crippen LogP contribution in [0.1, 0.15) is 38.2 Å². The van der Waals surface area contributed by atoms with Gasteiger partial charge in [-0.05, 0) is 36.9 Å². The Morgan fingerprint density at radius 3 is 2.94 bits per heavy atom. The highest BCUT2D eigenvalue weighted by molar-refractivity contribution is 5.35. The average Bonchev–Trinajstić information content (AvgIpc) is 2.89. The fourth-order valence-corrected chi connectivity index (χ4v) is 2.30. The van der Waals surface area contributed by atoms with Gasteiger partial charge in [-0.3, -0.25) is 0 Å².